The van der Waals surface area contributed by atoms with Gasteiger partial charge in [-0.3, -0.25) is 4.79 Å². The number of carbonyl (C=O) groups is 1. The molecule has 9 heteroatoms. The molecule has 168 valence electrons. The first-order chi connectivity index (χ1) is 14.9. The summed E-state index contributed by atoms with van der Waals surface area (Å²) in [5.41, 5.74) is 0. The number of hydrogen-bond acceptors (Lipinski definition) is 6. The van der Waals surface area contributed by atoms with E-state index in [9.17, 15) is 13.2 Å². The first-order valence-corrected chi connectivity index (χ1v) is 11.7. The largest absolute Gasteiger partial charge is 0.497 e. The van der Waals surface area contributed by atoms with E-state index in [-0.39, 0.29) is 17.4 Å². The molecule has 1 saturated heterocycles. The van der Waals surface area contributed by atoms with Gasteiger partial charge in [-0.25, -0.2) is 8.42 Å². The van der Waals surface area contributed by atoms with Crippen LogP contribution in [0.2, 0.25) is 0 Å². The summed E-state index contributed by atoms with van der Waals surface area (Å²) >= 11 is 0. The van der Waals surface area contributed by atoms with E-state index < -0.39 is 16.1 Å². The van der Waals surface area contributed by atoms with E-state index in [0.717, 1.165) is 12.8 Å². The first kappa shape index (κ1) is 22.9. The lowest BCUT2D eigenvalue weighted by Crippen LogP contribution is -2.38. The SMILES string of the molecule is COc1cccc(O[C@H](C)C(=O)NCCOc2ccc(S(=O)(=O)N3CCCC3)cc2)c1. The Morgan fingerprint density at radius 3 is 2.42 bits per heavy atom. The Balaban J connectivity index is 1.42. The molecule has 1 atom stereocenters. The van der Waals surface area contributed by atoms with Crippen molar-refractivity contribution >= 4 is 15.9 Å². The van der Waals surface area contributed by atoms with Crippen LogP contribution in [-0.2, 0) is 14.8 Å². The van der Waals surface area contributed by atoms with Crippen molar-refractivity contribution in [2.24, 2.45) is 0 Å². The summed E-state index contributed by atoms with van der Waals surface area (Å²) in [4.78, 5) is 12.5. The first-order valence-electron chi connectivity index (χ1n) is 10.2. The average molecular weight is 449 g/mol. The summed E-state index contributed by atoms with van der Waals surface area (Å²) in [5, 5.41) is 2.75. The van der Waals surface area contributed by atoms with Crippen LogP contribution in [0.25, 0.3) is 0 Å². The van der Waals surface area contributed by atoms with Crippen LogP contribution in [0.1, 0.15) is 19.8 Å². The minimum atomic E-state index is -3.43. The highest BCUT2D eigenvalue weighted by atomic mass is 32.2. The molecule has 1 heterocycles. The number of amides is 1. The minimum absolute atomic E-state index is 0.246. The maximum atomic E-state index is 12.5. The van der Waals surface area contributed by atoms with Crippen LogP contribution in [0.4, 0.5) is 0 Å². The van der Waals surface area contributed by atoms with Crippen molar-refractivity contribution in [1.29, 1.82) is 0 Å². The van der Waals surface area contributed by atoms with Crippen LogP contribution in [0.3, 0.4) is 0 Å². The lowest BCUT2D eigenvalue weighted by molar-refractivity contribution is -0.127. The zero-order chi connectivity index (χ0) is 22.3. The van der Waals surface area contributed by atoms with Crippen LogP contribution >= 0.6 is 0 Å². The molecule has 0 spiro atoms. The number of sulfonamides is 1. The Hall–Kier alpha value is -2.78. The Bertz CT molecular complexity index is 972. The topological polar surface area (TPSA) is 94.2 Å². The number of hydrogen-bond donors (Lipinski definition) is 1. The normalized spacial score (nSPS) is 15.3. The Kier molecular flexibility index (Phi) is 7.75. The van der Waals surface area contributed by atoms with Gasteiger partial charge in [0.05, 0.1) is 18.6 Å². The Labute approximate surface area is 183 Å². The highest BCUT2D eigenvalue weighted by Crippen LogP contribution is 2.23. The highest BCUT2D eigenvalue weighted by Gasteiger charge is 2.26. The van der Waals surface area contributed by atoms with Crippen LogP contribution in [0.5, 0.6) is 17.2 Å². The molecule has 0 saturated carbocycles. The standard InChI is InChI=1S/C22H28N2O6S/c1-17(30-20-7-5-6-19(16-20)28-2)22(25)23-12-15-29-18-8-10-21(11-9-18)31(26,27)24-13-3-4-14-24/h5-11,16-17H,3-4,12-15H2,1-2H3,(H,23,25)/t17-/m1/s1. The maximum Gasteiger partial charge on any atom is 0.260 e. The summed E-state index contributed by atoms with van der Waals surface area (Å²) < 4.78 is 42.9. The van der Waals surface area contributed by atoms with Gasteiger partial charge in [0.15, 0.2) is 6.10 Å². The van der Waals surface area contributed by atoms with Gasteiger partial charge in [-0.2, -0.15) is 4.31 Å². The Morgan fingerprint density at radius 2 is 1.74 bits per heavy atom. The van der Waals surface area contributed by atoms with Gasteiger partial charge >= 0.3 is 0 Å². The molecular weight excluding hydrogens is 420 g/mol. The second-order valence-electron chi connectivity index (χ2n) is 7.16. The van der Waals surface area contributed by atoms with Crippen molar-refractivity contribution < 1.29 is 27.4 Å². The van der Waals surface area contributed by atoms with Gasteiger partial charge in [-0.05, 0) is 56.2 Å². The molecule has 1 aliphatic heterocycles. The fraction of sp³-hybridized carbons (Fsp3) is 0.409. The molecule has 2 aromatic carbocycles. The third kappa shape index (κ3) is 6.11. The summed E-state index contributed by atoms with van der Waals surface area (Å²) in [6.07, 6.45) is 1.12. The molecule has 31 heavy (non-hydrogen) atoms. The van der Waals surface area contributed by atoms with Gasteiger partial charge in [0.25, 0.3) is 5.91 Å². The summed E-state index contributed by atoms with van der Waals surface area (Å²) in [6, 6.07) is 13.4. The number of nitrogens with zero attached hydrogens (tertiary/aromatic N) is 1. The molecule has 2 aromatic rings. The third-order valence-corrected chi connectivity index (χ3v) is 6.83. The molecule has 8 nitrogen and oxygen atoms in total. The van der Waals surface area contributed by atoms with Gasteiger partial charge in [-0.15, -0.1) is 0 Å². The average Bonchev–Trinajstić information content (AvgIpc) is 3.33. The van der Waals surface area contributed by atoms with E-state index in [1.165, 1.54) is 4.31 Å². The smallest absolute Gasteiger partial charge is 0.260 e. The summed E-state index contributed by atoms with van der Waals surface area (Å²) in [7, 11) is -1.87. The van der Waals surface area contributed by atoms with E-state index in [0.29, 0.717) is 36.9 Å². The molecular formula is C22H28N2O6S. The van der Waals surface area contributed by atoms with Gasteiger partial charge < -0.3 is 19.5 Å². The maximum absolute atomic E-state index is 12.5. The molecule has 0 bridgehead atoms. The van der Waals surface area contributed by atoms with Crippen molar-refractivity contribution in [2.75, 3.05) is 33.4 Å². The predicted octanol–water partition coefficient (Wildman–Crippen LogP) is 2.44. The van der Waals surface area contributed by atoms with Gasteiger partial charge in [0.2, 0.25) is 10.0 Å². The lowest BCUT2D eigenvalue weighted by atomic mass is 10.3. The predicted molar refractivity (Wildman–Crippen MR) is 116 cm³/mol. The summed E-state index contributed by atoms with van der Waals surface area (Å²) in [6.45, 7) is 3.34. The van der Waals surface area contributed by atoms with E-state index in [1.807, 2.05) is 0 Å². The monoisotopic (exact) mass is 448 g/mol. The fourth-order valence-electron chi connectivity index (χ4n) is 3.20. The summed E-state index contributed by atoms with van der Waals surface area (Å²) in [5.74, 6) is 1.47. The molecule has 0 aromatic heterocycles. The molecule has 1 amide bonds. The minimum Gasteiger partial charge on any atom is -0.497 e. The molecule has 1 aliphatic rings. The van der Waals surface area contributed by atoms with Gasteiger partial charge in [0.1, 0.15) is 23.9 Å². The molecule has 0 aliphatic carbocycles. The molecule has 1 N–H and O–H groups in total. The number of carbonyl (C=O) groups excluding carboxylic acids is 1. The highest BCUT2D eigenvalue weighted by molar-refractivity contribution is 7.89. The second-order valence-corrected chi connectivity index (χ2v) is 9.10. The van der Waals surface area contributed by atoms with Crippen molar-refractivity contribution in [2.45, 2.75) is 30.8 Å². The quantitative estimate of drug-likeness (QED) is 0.561. The zero-order valence-electron chi connectivity index (χ0n) is 17.7. The van der Waals surface area contributed by atoms with Crippen LogP contribution < -0.4 is 19.5 Å². The molecule has 0 radical (unpaired) electrons. The molecule has 1 fully saturated rings. The van der Waals surface area contributed by atoms with Crippen molar-refractivity contribution in [3.63, 3.8) is 0 Å². The van der Waals surface area contributed by atoms with Crippen molar-refractivity contribution in [1.82, 2.24) is 9.62 Å². The van der Waals surface area contributed by atoms with E-state index in [4.69, 9.17) is 14.2 Å². The van der Waals surface area contributed by atoms with Crippen LogP contribution in [0, 0.1) is 0 Å². The fourth-order valence-corrected chi connectivity index (χ4v) is 4.72. The number of rotatable bonds is 10. The van der Waals surface area contributed by atoms with Crippen LogP contribution in [0.15, 0.2) is 53.4 Å². The number of methoxy groups -OCH3 is 1. The van der Waals surface area contributed by atoms with E-state index >= 15 is 0 Å². The van der Waals surface area contributed by atoms with Gasteiger partial charge in [-0.1, -0.05) is 6.07 Å². The zero-order valence-corrected chi connectivity index (χ0v) is 18.6. The number of benzene rings is 2. The van der Waals surface area contributed by atoms with E-state index in [1.54, 1.807) is 62.6 Å². The number of ether oxygens (including phenoxy) is 3. The van der Waals surface area contributed by atoms with Crippen molar-refractivity contribution in [3.05, 3.63) is 48.5 Å². The third-order valence-electron chi connectivity index (χ3n) is 4.92. The van der Waals surface area contributed by atoms with Crippen LogP contribution in [-0.4, -0.2) is 58.1 Å². The van der Waals surface area contributed by atoms with E-state index in [2.05, 4.69) is 5.32 Å². The Morgan fingerprint density at radius 1 is 1.06 bits per heavy atom. The van der Waals surface area contributed by atoms with Gasteiger partial charge in [0, 0.05) is 19.2 Å². The molecule has 0 unspecified atom stereocenters. The molecule has 3 rings (SSSR count). The number of nitrogens with one attached hydrogen (secondary N) is 1. The second kappa shape index (κ2) is 10.5. The van der Waals surface area contributed by atoms with Crippen molar-refractivity contribution in [3.8, 4) is 17.2 Å². The lowest BCUT2D eigenvalue weighted by Gasteiger charge is -2.16.